The third-order valence-electron chi connectivity index (χ3n) is 5.73. The summed E-state index contributed by atoms with van der Waals surface area (Å²) in [5.74, 6) is -4.70. The Morgan fingerprint density at radius 1 is 1.03 bits per heavy atom. The first-order chi connectivity index (χ1) is 17.4. The lowest BCUT2D eigenvalue weighted by atomic mass is 10.00. The first-order valence-electron chi connectivity index (χ1n) is 12.4. The van der Waals surface area contributed by atoms with Crippen LogP contribution in [0.4, 0.5) is 0 Å². The Morgan fingerprint density at radius 2 is 1.68 bits per heavy atom. The molecule has 4 atom stereocenters. The first kappa shape index (κ1) is 31.9. The van der Waals surface area contributed by atoms with E-state index in [-0.39, 0.29) is 18.8 Å². The van der Waals surface area contributed by atoms with Crippen LogP contribution in [-0.4, -0.2) is 109 Å². The lowest BCUT2D eigenvalue weighted by molar-refractivity contribution is -0.146. The van der Waals surface area contributed by atoms with Crippen molar-refractivity contribution >= 4 is 35.4 Å². The third kappa shape index (κ3) is 11.2. The van der Waals surface area contributed by atoms with E-state index in [1.54, 1.807) is 20.8 Å². The van der Waals surface area contributed by atoms with Crippen LogP contribution in [0.2, 0.25) is 0 Å². The van der Waals surface area contributed by atoms with Gasteiger partial charge in [0.15, 0.2) is 12.2 Å². The fourth-order valence-electron chi connectivity index (χ4n) is 3.38. The van der Waals surface area contributed by atoms with E-state index in [2.05, 4.69) is 34.8 Å². The number of ether oxygens (including phenoxy) is 2. The number of rotatable bonds is 17. The predicted octanol–water partition coefficient (Wildman–Crippen LogP) is -2.31. The van der Waals surface area contributed by atoms with Crippen LogP contribution in [0.3, 0.4) is 0 Å². The van der Waals surface area contributed by atoms with Gasteiger partial charge in [0.2, 0.25) is 11.8 Å². The van der Waals surface area contributed by atoms with E-state index in [9.17, 15) is 28.8 Å². The van der Waals surface area contributed by atoms with Gasteiger partial charge in [0, 0.05) is 25.4 Å². The molecule has 0 aromatic rings. The van der Waals surface area contributed by atoms with Gasteiger partial charge in [-0.05, 0) is 26.9 Å². The monoisotopic (exact) mass is 528 g/mol. The molecule has 14 nitrogen and oxygen atoms in total. The molecule has 0 bridgehead atoms. The summed E-state index contributed by atoms with van der Waals surface area (Å²) in [5.41, 5.74) is 7.31. The second-order valence-corrected chi connectivity index (χ2v) is 8.65. The fourth-order valence-corrected chi connectivity index (χ4v) is 3.38. The molecule has 37 heavy (non-hydrogen) atoms. The van der Waals surface area contributed by atoms with Crippen LogP contribution in [0.25, 0.3) is 0 Å². The second-order valence-electron chi connectivity index (χ2n) is 8.65. The molecule has 4 unspecified atom stereocenters. The molecule has 14 heteroatoms. The fraction of sp³-hybridized carbons (Fsp3) is 0.739. The number of nitrogens with one attached hydrogen (secondary N) is 3. The van der Waals surface area contributed by atoms with E-state index in [1.807, 2.05) is 0 Å². The van der Waals surface area contributed by atoms with Gasteiger partial charge in [0.1, 0.15) is 12.3 Å². The average Bonchev–Trinajstić information content (AvgIpc) is 3.65. The minimum atomic E-state index is -1.22. The van der Waals surface area contributed by atoms with Crippen molar-refractivity contribution in [1.82, 2.24) is 26.0 Å². The van der Waals surface area contributed by atoms with Gasteiger partial charge in [0.25, 0.3) is 11.8 Å². The predicted molar refractivity (Wildman–Crippen MR) is 131 cm³/mol. The molecule has 0 spiro atoms. The quantitative estimate of drug-likeness (QED) is 0.0906. The summed E-state index contributed by atoms with van der Waals surface area (Å²) < 4.78 is 9.76. The van der Waals surface area contributed by atoms with E-state index >= 15 is 0 Å². The summed E-state index contributed by atoms with van der Waals surface area (Å²) in [6.45, 7) is 11.2. The molecule has 0 aliphatic carbocycles. The van der Waals surface area contributed by atoms with Gasteiger partial charge in [0.05, 0.1) is 19.2 Å². The van der Waals surface area contributed by atoms with Crippen molar-refractivity contribution in [2.24, 2.45) is 11.7 Å². The van der Waals surface area contributed by atoms with Gasteiger partial charge in [-0.2, -0.15) is 0 Å². The maximum atomic E-state index is 12.5. The minimum absolute atomic E-state index is 0.0204. The highest BCUT2D eigenvalue weighted by atomic mass is 16.6. The van der Waals surface area contributed by atoms with Crippen LogP contribution in [0.1, 0.15) is 41.0 Å². The highest BCUT2D eigenvalue weighted by Crippen LogP contribution is 2.25. The number of epoxide rings is 1. The number of hydrogen-bond acceptors (Lipinski definition) is 10. The molecule has 5 N–H and O–H groups in total. The van der Waals surface area contributed by atoms with Gasteiger partial charge in [-0.15, -0.1) is 0 Å². The number of carbonyl (C=O) groups is 6. The lowest BCUT2D eigenvalue weighted by Crippen LogP contribution is -2.54. The number of Topliss-reactive ketones (excluding diaryl/α,β-unsaturated/α-hetero) is 1. The van der Waals surface area contributed by atoms with E-state index in [0.717, 1.165) is 19.6 Å². The summed E-state index contributed by atoms with van der Waals surface area (Å²) >= 11 is 0. The van der Waals surface area contributed by atoms with Crippen LogP contribution < -0.4 is 21.8 Å². The van der Waals surface area contributed by atoms with E-state index in [1.165, 1.54) is 0 Å². The number of nitrogens with zero attached hydrogens (tertiary/aromatic N) is 2. The number of hydrogen-bond donors (Lipinski definition) is 4. The van der Waals surface area contributed by atoms with Gasteiger partial charge in [-0.3, -0.25) is 29.4 Å². The number of carbonyl (C=O) groups excluding carboxylic acids is 6. The molecule has 0 aromatic heterocycles. The summed E-state index contributed by atoms with van der Waals surface area (Å²) in [7, 11) is 0. The largest absolute Gasteiger partial charge is 0.464 e. The molecule has 1 aliphatic heterocycles. The van der Waals surface area contributed by atoms with Crippen molar-refractivity contribution in [3.63, 3.8) is 0 Å². The highest BCUT2D eigenvalue weighted by Gasteiger charge is 2.53. The molecule has 1 aliphatic rings. The number of ketones is 1. The van der Waals surface area contributed by atoms with Gasteiger partial charge >= 0.3 is 5.97 Å². The third-order valence-corrected chi connectivity index (χ3v) is 5.73. The number of primary amides is 1. The Morgan fingerprint density at radius 3 is 2.24 bits per heavy atom. The van der Waals surface area contributed by atoms with Crippen LogP contribution in [-0.2, 0) is 38.2 Å². The average molecular weight is 529 g/mol. The second kappa shape index (κ2) is 15.9. The van der Waals surface area contributed by atoms with Gasteiger partial charge < -0.3 is 30.7 Å². The van der Waals surface area contributed by atoms with Crippen molar-refractivity contribution in [3.8, 4) is 0 Å². The van der Waals surface area contributed by atoms with Crippen molar-refractivity contribution in [1.29, 1.82) is 0 Å². The molecule has 1 fully saturated rings. The van der Waals surface area contributed by atoms with Gasteiger partial charge in [-0.1, -0.05) is 20.8 Å². The number of hydrazine groups is 1. The molecule has 4 amide bonds. The molecular formula is C23H40N6O8. The summed E-state index contributed by atoms with van der Waals surface area (Å²) in [5, 5.41) is 6.17. The van der Waals surface area contributed by atoms with Crippen LogP contribution >= 0.6 is 0 Å². The number of amides is 4. The maximum Gasteiger partial charge on any atom is 0.338 e. The topological polar surface area (TPSA) is 193 Å². The van der Waals surface area contributed by atoms with Crippen molar-refractivity contribution in [3.05, 3.63) is 0 Å². The maximum absolute atomic E-state index is 12.5. The van der Waals surface area contributed by atoms with E-state index in [4.69, 9.17) is 15.2 Å². The number of likely N-dealkylation sites (N-methyl/N-ethyl adjacent to an activating group) is 1. The van der Waals surface area contributed by atoms with Crippen molar-refractivity contribution < 1.29 is 38.2 Å². The molecule has 0 aromatic carbocycles. The van der Waals surface area contributed by atoms with Crippen LogP contribution in [0.15, 0.2) is 0 Å². The Labute approximate surface area is 216 Å². The Kier molecular flexibility index (Phi) is 13.7. The zero-order valence-corrected chi connectivity index (χ0v) is 22.2. The summed E-state index contributed by atoms with van der Waals surface area (Å²) in [6.07, 6.45) is -2.37. The minimum Gasteiger partial charge on any atom is -0.464 e. The number of nitrogens with two attached hydrogens (primary N) is 1. The van der Waals surface area contributed by atoms with Gasteiger partial charge in [-0.25, -0.2) is 9.80 Å². The summed E-state index contributed by atoms with van der Waals surface area (Å²) in [4.78, 5) is 74.9. The molecule has 1 saturated heterocycles. The zero-order valence-electron chi connectivity index (χ0n) is 22.2. The Hall–Kier alpha value is -3.10. The van der Waals surface area contributed by atoms with Crippen LogP contribution in [0.5, 0.6) is 0 Å². The molecule has 0 radical (unpaired) electrons. The first-order valence-corrected chi connectivity index (χ1v) is 12.4. The molecule has 210 valence electrons. The molecule has 0 saturated carbocycles. The zero-order chi connectivity index (χ0) is 28.1. The molecule has 1 heterocycles. The number of esters is 1. The van der Waals surface area contributed by atoms with Crippen LogP contribution in [0, 0.1) is 5.92 Å². The molecular weight excluding hydrogens is 488 g/mol. The Bertz CT molecular complexity index is 834. The smallest absolute Gasteiger partial charge is 0.338 e. The van der Waals surface area contributed by atoms with E-state index in [0.29, 0.717) is 11.6 Å². The normalized spacial score (nSPS) is 17.9. The Balaban J connectivity index is 2.49. The lowest BCUT2D eigenvalue weighted by Gasteiger charge is -2.22. The van der Waals surface area contributed by atoms with E-state index < -0.39 is 66.9 Å². The molecule has 1 rings (SSSR count). The SMILES string of the molecule is CCOC(=O)C1OC1C(=O)N(CC(N)=O)NC(=O)CNC(=O)C(C)CC(=O)C(C)NCCN(CC)CC. The van der Waals surface area contributed by atoms with Crippen molar-refractivity contribution in [2.45, 2.75) is 59.3 Å². The summed E-state index contributed by atoms with van der Waals surface area (Å²) in [6, 6.07) is -0.425. The van der Waals surface area contributed by atoms with Crippen molar-refractivity contribution in [2.75, 3.05) is 45.9 Å². The highest BCUT2D eigenvalue weighted by molar-refractivity contribution is 5.96. The standard InChI is InChI=1S/C23H40N6O8/c1-6-28(7-2)10-9-25-15(5)16(30)11-14(4)21(33)26-12-18(32)27-29(13-17(24)31)22(34)19-20(37-19)23(35)36-8-3/h14-15,19-20,25H,6-13H2,1-5H3,(H2,24,31)(H,26,33)(H,27,32).